The lowest BCUT2D eigenvalue weighted by Crippen LogP contribution is -2.42. The smallest absolute Gasteiger partial charge is 0.251 e. The lowest BCUT2D eigenvalue weighted by atomic mass is 9.92. The number of pyridine rings is 1. The molecule has 0 aliphatic carbocycles. The third-order valence-electron chi connectivity index (χ3n) is 5.97. The van der Waals surface area contributed by atoms with Crippen molar-refractivity contribution in [2.45, 2.75) is 59.1 Å². The van der Waals surface area contributed by atoms with Crippen molar-refractivity contribution in [1.82, 2.24) is 4.98 Å². The summed E-state index contributed by atoms with van der Waals surface area (Å²) < 4.78 is 5.64. The largest absolute Gasteiger partial charge is 0.375 e. The maximum atomic E-state index is 12.4. The molecule has 0 unspecified atom stereocenters. The predicted octanol–water partition coefficient (Wildman–Crippen LogP) is 3.25. The van der Waals surface area contributed by atoms with E-state index in [2.05, 4.69) is 48.5 Å². The minimum Gasteiger partial charge on any atom is -0.375 e. The summed E-state index contributed by atoms with van der Waals surface area (Å²) in [6.45, 7) is 12.4. The number of nitrogens with zero attached hydrogens (tertiary/aromatic N) is 2. The van der Waals surface area contributed by atoms with Gasteiger partial charge in [-0.15, -0.1) is 0 Å². The minimum atomic E-state index is -0.0104. The highest BCUT2D eigenvalue weighted by Gasteiger charge is 2.29. The molecule has 3 rings (SSSR count). The topological polar surface area (TPSA) is 48.6 Å². The highest BCUT2D eigenvalue weighted by molar-refractivity contribution is 5.56. The number of H-pyrrole nitrogens is 1. The summed E-state index contributed by atoms with van der Waals surface area (Å²) in [6.07, 6.45) is 3.94. The van der Waals surface area contributed by atoms with Gasteiger partial charge in [0.2, 0.25) is 0 Å². The second kappa shape index (κ2) is 7.81. The molecule has 0 radical (unpaired) electrons. The average Bonchev–Trinajstić information content (AvgIpc) is 2.73. The van der Waals surface area contributed by atoms with Gasteiger partial charge in [-0.25, -0.2) is 0 Å². The first-order chi connectivity index (χ1) is 12.0. The Balaban J connectivity index is 1.91. The lowest BCUT2D eigenvalue weighted by molar-refractivity contribution is 0.0532. The molecular formula is C20H33N3O2. The zero-order valence-corrected chi connectivity index (χ0v) is 16.1. The van der Waals surface area contributed by atoms with Crippen molar-refractivity contribution in [2.75, 3.05) is 36.0 Å². The molecule has 1 aromatic rings. The van der Waals surface area contributed by atoms with E-state index in [1.54, 1.807) is 6.07 Å². The van der Waals surface area contributed by atoms with E-state index in [1.807, 2.05) is 0 Å². The van der Waals surface area contributed by atoms with Crippen LogP contribution in [0.1, 0.15) is 47.0 Å². The van der Waals surface area contributed by atoms with E-state index >= 15 is 0 Å². The molecule has 140 valence electrons. The van der Waals surface area contributed by atoms with Gasteiger partial charge < -0.3 is 19.5 Å². The second-order valence-corrected chi connectivity index (χ2v) is 7.96. The first-order valence-electron chi connectivity index (χ1n) is 9.85. The van der Waals surface area contributed by atoms with Gasteiger partial charge in [0.15, 0.2) is 0 Å². The average molecular weight is 348 g/mol. The zero-order chi connectivity index (χ0) is 18.0. The number of hydrogen-bond donors (Lipinski definition) is 1. The summed E-state index contributed by atoms with van der Waals surface area (Å²) in [5.41, 5.74) is 1.01. The van der Waals surface area contributed by atoms with Crippen LogP contribution in [0.15, 0.2) is 16.9 Å². The summed E-state index contributed by atoms with van der Waals surface area (Å²) in [6, 6.07) is 4.34. The fourth-order valence-corrected chi connectivity index (χ4v) is 4.36. The van der Waals surface area contributed by atoms with Crippen molar-refractivity contribution in [2.24, 2.45) is 11.8 Å². The van der Waals surface area contributed by atoms with Gasteiger partial charge in [0, 0.05) is 43.5 Å². The van der Waals surface area contributed by atoms with Gasteiger partial charge in [0.1, 0.15) is 5.82 Å². The maximum absolute atomic E-state index is 12.4. The van der Waals surface area contributed by atoms with Crippen LogP contribution in [0.5, 0.6) is 0 Å². The summed E-state index contributed by atoms with van der Waals surface area (Å²) in [5, 5.41) is 0. The molecule has 0 saturated carbocycles. The van der Waals surface area contributed by atoms with E-state index in [4.69, 9.17) is 4.74 Å². The third-order valence-corrected chi connectivity index (χ3v) is 5.97. The van der Waals surface area contributed by atoms with E-state index in [1.165, 1.54) is 19.3 Å². The molecular weight excluding hydrogens is 314 g/mol. The number of morpholine rings is 1. The molecule has 3 heterocycles. The van der Waals surface area contributed by atoms with E-state index < -0.39 is 0 Å². The Kier molecular flexibility index (Phi) is 5.72. The fraction of sp³-hybridized carbons (Fsp3) is 0.750. The number of anilines is 2. The van der Waals surface area contributed by atoms with E-state index in [0.717, 1.165) is 37.7 Å². The summed E-state index contributed by atoms with van der Waals surface area (Å²) in [4.78, 5) is 20.2. The highest BCUT2D eigenvalue weighted by Crippen LogP contribution is 2.32. The predicted molar refractivity (Wildman–Crippen MR) is 104 cm³/mol. The Morgan fingerprint density at radius 2 is 2.00 bits per heavy atom. The molecule has 0 spiro atoms. The van der Waals surface area contributed by atoms with Crippen molar-refractivity contribution in [3.8, 4) is 0 Å². The van der Waals surface area contributed by atoms with Crippen molar-refractivity contribution >= 4 is 11.5 Å². The van der Waals surface area contributed by atoms with Crippen molar-refractivity contribution < 1.29 is 4.74 Å². The van der Waals surface area contributed by atoms with E-state index in [0.29, 0.717) is 17.9 Å². The molecule has 2 aliphatic heterocycles. The lowest BCUT2D eigenvalue weighted by Gasteiger charge is -2.36. The van der Waals surface area contributed by atoms with Gasteiger partial charge >= 0.3 is 0 Å². The Hall–Kier alpha value is -1.49. The first kappa shape index (κ1) is 18.3. The van der Waals surface area contributed by atoms with Crippen molar-refractivity contribution in [1.29, 1.82) is 0 Å². The summed E-state index contributed by atoms with van der Waals surface area (Å²) in [5.74, 6) is 2.30. The zero-order valence-electron chi connectivity index (χ0n) is 16.1. The Morgan fingerprint density at radius 1 is 1.20 bits per heavy atom. The summed E-state index contributed by atoms with van der Waals surface area (Å²) >= 11 is 0. The quantitative estimate of drug-likeness (QED) is 0.912. The fourth-order valence-electron chi connectivity index (χ4n) is 4.36. The Morgan fingerprint density at radius 3 is 2.72 bits per heavy atom. The van der Waals surface area contributed by atoms with Crippen LogP contribution in [0.2, 0.25) is 0 Å². The molecule has 1 aromatic heterocycles. The molecule has 2 fully saturated rings. The number of nitrogens with one attached hydrogen (secondary N) is 1. The van der Waals surface area contributed by atoms with Crippen LogP contribution in [0.25, 0.3) is 0 Å². The molecule has 5 nitrogen and oxygen atoms in total. The van der Waals surface area contributed by atoms with Crippen LogP contribution in [-0.4, -0.2) is 43.4 Å². The van der Waals surface area contributed by atoms with Crippen LogP contribution in [0.4, 0.5) is 11.5 Å². The maximum Gasteiger partial charge on any atom is 0.251 e. The number of ether oxygens (including phenoxy) is 1. The monoisotopic (exact) mass is 347 g/mol. The van der Waals surface area contributed by atoms with Crippen LogP contribution in [-0.2, 0) is 4.74 Å². The molecule has 0 bridgehead atoms. The van der Waals surface area contributed by atoms with Gasteiger partial charge in [-0.05, 0) is 38.5 Å². The molecule has 0 amide bonds. The first-order valence-corrected chi connectivity index (χ1v) is 9.85. The molecule has 5 heteroatoms. The van der Waals surface area contributed by atoms with Crippen LogP contribution in [0.3, 0.4) is 0 Å². The number of hydrogen-bond acceptors (Lipinski definition) is 4. The molecule has 2 saturated heterocycles. The molecule has 0 aromatic carbocycles. The Labute approximate surface area is 151 Å². The van der Waals surface area contributed by atoms with Crippen LogP contribution < -0.4 is 15.4 Å². The van der Waals surface area contributed by atoms with Crippen LogP contribution >= 0.6 is 0 Å². The highest BCUT2D eigenvalue weighted by atomic mass is 16.5. The van der Waals surface area contributed by atoms with Gasteiger partial charge in [0.25, 0.3) is 5.56 Å². The van der Waals surface area contributed by atoms with Crippen molar-refractivity contribution in [3.05, 3.63) is 22.5 Å². The van der Waals surface area contributed by atoms with E-state index in [-0.39, 0.29) is 11.7 Å². The van der Waals surface area contributed by atoms with Gasteiger partial charge in [-0.2, -0.15) is 0 Å². The minimum absolute atomic E-state index is 0.0104. The Bertz CT molecular complexity index is 630. The molecule has 2 aliphatic rings. The van der Waals surface area contributed by atoms with E-state index in [9.17, 15) is 4.79 Å². The molecule has 25 heavy (non-hydrogen) atoms. The van der Waals surface area contributed by atoms with Gasteiger partial charge in [-0.1, -0.05) is 20.3 Å². The number of aromatic amines is 1. The normalized spacial score (nSPS) is 31.0. The van der Waals surface area contributed by atoms with Gasteiger partial charge in [-0.3, -0.25) is 4.79 Å². The molecule has 1 N–H and O–H groups in total. The second-order valence-electron chi connectivity index (χ2n) is 7.96. The van der Waals surface area contributed by atoms with Crippen molar-refractivity contribution in [3.63, 3.8) is 0 Å². The molecule has 4 atom stereocenters. The SMILES string of the molecule is CC[C@H]1CC[C@@H](C)CN(c2cc(N3CCO[C@H](C)C3)cc(=O)[nH]2)[C@H]1C. The summed E-state index contributed by atoms with van der Waals surface area (Å²) in [7, 11) is 0. The number of rotatable bonds is 3. The van der Waals surface area contributed by atoms with Gasteiger partial charge in [0.05, 0.1) is 12.7 Å². The number of aromatic nitrogens is 1. The third kappa shape index (κ3) is 4.20. The standard InChI is InChI=1S/C20H33N3O2/c1-5-17-7-6-14(2)12-23(16(17)4)19-10-18(11-20(24)21-19)22-8-9-25-15(3)13-22/h10-11,14-17H,5-9,12-13H2,1-4H3,(H,21,24)/t14-,15-,16+,17+/m1/s1. The van der Waals surface area contributed by atoms with Crippen LogP contribution in [0, 0.1) is 11.8 Å².